The van der Waals surface area contributed by atoms with E-state index in [1.165, 1.54) is 24.0 Å². The van der Waals surface area contributed by atoms with E-state index in [9.17, 15) is 5.11 Å². The van der Waals surface area contributed by atoms with Crippen molar-refractivity contribution in [1.82, 2.24) is 4.90 Å². The van der Waals surface area contributed by atoms with Gasteiger partial charge >= 0.3 is 0 Å². The molecule has 4 rings (SSSR count). The van der Waals surface area contributed by atoms with Crippen LogP contribution in [-0.4, -0.2) is 30.6 Å². The van der Waals surface area contributed by atoms with Gasteiger partial charge in [-0.25, -0.2) is 0 Å². The molecule has 3 aromatic carbocycles. The zero-order chi connectivity index (χ0) is 20.9. The first kappa shape index (κ1) is 20.6. The van der Waals surface area contributed by atoms with Crippen molar-refractivity contribution in [1.29, 1.82) is 0 Å². The molecule has 1 unspecified atom stereocenters. The van der Waals surface area contributed by atoms with Crippen molar-refractivity contribution >= 4 is 0 Å². The molecule has 1 aliphatic carbocycles. The number of aliphatic hydroxyl groups is 1. The zero-order valence-electron chi connectivity index (χ0n) is 18.0. The summed E-state index contributed by atoms with van der Waals surface area (Å²) in [6.07, 6.45) is 3.58. The van der Waals surface area contributed by atoms with Crippen molar-refractivity contribution in [2.45, 2.75) is 32.5 Å². The summed E-state index contributed by atoms with van der Waals surface area (Å²) in [4.78, 5) is 2.29. The minimum atomic E-state index is 0.0663. The van der Waals surface area contributed by atoms with E-state index in [2.05, 4.69) is 67.5 Å². The van der Waals surface area contributed by atoms with Crippen molar-refractivity contribution in [3.8, 4) is 16.9 Å². The lowest BCUT2D eigenvalue weighted by Crippen LogP contribution is -2.26. The van der Waals surface area contributed by atoms with E-state index >= 15 is 0 Å². The molecule has 156 valence electrons. The molecule has 0 radical (unpaired) electrons. The molecule has 0 aliphatic heterocycles. The van der Waals surface area contributed by atoms with Gasteiger partial charge in [-0.1, -0.05) is 48.5 Å². The normalized spacial score (nSPS) is 15.8. The highest BCUT2D eigenvalue weighted by Crippen LogP contribution is 2.29. The van der Waals surface area contributed by atoms with E-state index < -0.39 is 0 Å². The maximum atomic E-state index is 9.33. The van der Waals surface area contributed by atoms with Crippen molar-refractivity contribution in [2.24, 2.45) is 5.92 Å². The van der Waals surface area contributed by atoms with E-state index in [4.69, 9.17) is 4.74 Å². The molecule has 0 saturated carbocycles. The van der Waals surface area contributed by atoms with Gasteiger partial charge in [0.05, 0.1) is 6.61 Å². The van der Waals surface area contributed by atoms with E-state index in [-0.39, 0.29) is 6.61 Å². The Hall–Kier alpha value is -2.62. The van der Waals surface area contributed by atoms with Crippen molar-refractivity contribution in [3.63, 3.8) is 0 Å². The number of nitrogens with zero attached hydrogens (tertiary/aromatic N) is 1. The Kier molecular flexibility index (Phi) is 6.51. The third kappa shape index (κ3) is 5.10. The molecule has 0 aromatic heterocycles. The monoisotopic (exact) mass is 401 g/mol. The van der Waals surface area contributed by atoms with Crippen LogP contribution >= 0.6 is 0 Å². The van der Waals surface area contributed by atoms with Gasteiger partial charge in [0.1, 0.15) is 12.4 Å². The highest BCUT2D eigenvalue weighted by Gasteiger charge is 2.19. The molecule has 0 saturated heterocycles. The predicted octanol–water partition coefficient (Wildman–Crippen LogP) is 5.09. The Balaban J connectivity index is 1.37. The average molecular weight is 402 g/mol. The van der Waals surface area contributed by atoms with Gasteiger partial charge < -0.3 is 14.7 Å². The third-order valence-electron chi connectivity index (χ3n) is 5.93. The third-order valence-corrected chi connectivity index (χ3v) is 5.93. The second-order valence-electron chi connectivity index (χ2n) is 8.65. The van der Waals surface area contributed by atoms with Gasteiger partial charge in [-0.15, -0.1) is 0 Å². The Morgan fingerprint density at radius 1 is 0.900 bits per heavy atom. The van der Waals surface area contributed by atoms with Crippen LogP contribution in [0.3, 0.4) is 0 Å². The largest absolute Gasteiger partial charge is 0.489 e. The molecule has 3 aromatic rings. The van der Waals surface area contributed by atoms with Gasteiger partial charge in [-0.05, 0) is 90.9 Å². The van der Waals surface area contributed by atoms with E-state index in [0.29, 0.717) is 6.61 Å². The number of hydrogen-bond donors (Lipinski definition) is 1. The lowest BCUT2D eigenvalue weighted by Gasteiger charge is -2.27. The van der Waals surface area contributed by atoms with Gasteiger partial charge in [0.25, 0.3) is 0 Å². The Morgan fingerprint density at radius 3 is 2.50 bits per heavy atom. The molecule has 3 heteroatoms. The average Bonchev–Trinajstić information content (AvgIpc) is 2.77. The predicted molar refractivity (Wildman–Crippen MR) is 123 cm³/mol. The molecule has 0 spiro atoms. The fourth-order valence-electron chi connectivity index (χ4n) is 4.38. The zero-order valence-corrected chi connectivity index (χ0v) is 18.0. The maximum Gasteiger partial charge on any atom is 0.120 e. The van der Waals surface area contributed by atoms with Crippen molar-refractivity contribution in [2.75, 3.05) is 20.6 Å². The second kappa shape index (κ2) is 9.46. The summed E-state index contributed by atoms with van der Waals surface area (Å²) in [5.41, 5.74) is 7.28. The van der Waals surface area contributed by atoms with Crippen molar-refractivity contribution in [3.05, 3.63) is 89.0 Å². The highest BCUT2D eigenvalue weighted by molar-refractivity contribution is 5.64. The summed E-state index contributed by atoms with van der Waals surface area (Å²) in [7, 11) is 4.32. The molecule has 30 heavy (non-hydrogen) atoms. The number of aliphatic hydroxyl groups excluding tert-OH is 1. The van der Waals surface area contributed by atoms with E-state index in [1.807, 2.05) is 18.2 Å². The van der Waals surface area contributed by atoms with Crippen LogP contribution < -0.4 is 4.74 Å². The first-order valence-corrected chi connectivity index (χ1v) is 10.8. The lowest BCUT2D eigenvalue weighted by atomic mass is 9.83. The lowest BCUT2D eigenvalue weighted by molar-refractivity contribution is 0.282. The summed E-state index contributed by atoms with van der Waals surface area (Å²) >= 11 is 0. The Morgan fingerprint density at radius 2 is 1.73 bits per heavy atom. The van der Waals surface area contributed by atoms with Crippen LogP contribution in [0.25, 0.3) is 11.1 Å². The highest BCUT2D eigenvalue weighted by atomic mass is 16.5. The summed E-state index contributed by atoms with van der Waals surface area (Å²) < 4.78 is 6.09. The summed E-state index contributed by atoms with van der Waals surface area (Å²) in [5, 5.41) is 9.33. The standard InChI is InChI=1S/C27H31NO2/c1-28(2)17-21-8-11-26-16-27(13-12-25(26)14-21)30-19-20-6-9-23(10-7-20)24-5-3-4-22(15-24)18-29/h3-7,9-10,12-13,15-16,21,29H,8,11,14,17-19H2,1-2H3. The SMILES string of the molecule is CN(C)CC1CCc2cc(OCc3ccc(-c4cccc(CO)c4)cc3)ccc2C1. The molecule has 1 atom stereocenters. The fraction of sp³-hybridized carbons (Fsp3) is 0.333. The van der Waals surface area contributed by atoms with Crippen molar-refractivity contribution < 1.29 is 9.84 Å². The van der Waals surface area contributed by atoms with Crippen LogP contribution in [0.5, 0.6) is 5.75 Å². The molecule has 3 nitrogen and oxygen atoms in total. The van der Waals surface area contributed by atoms with Crippen LogP contribution in [0, 0.1) is 5.92 Å². The Bertz CT molecular complexity index is 978. The maximum absolute atomic E-state index is 9.33. The second-order valence-corrected chi connectivity index (χ2v) is 8.65. The first-order chi connectivity index (χ1) is 14.6. The molecule has 1 N–H and O–H groups in total. The van der Waals surface area contributed by atoms with Gasteiger partial charge in [0.2, 0.25) is 0 Å². The quantitative estimate of drug-likeness (QED) is 0.598. The number of fused-ring (bicyclic) bond motifs is 1. The van der Waals surface area contributed by atoms with E-state index in [0.717, 1.165) is 46.9 Å². The van der Waals surface area contributed by atoms with Gasteiger partial charge in [-0.2, -0.15) is 0 Å². The summed E-state index contributed by atoms with van der Waals surface area (Å²) in [6, 6.07) is 23.1. The molecule has 0 amide bonds. The molecular weight excluding hydrogens is 370 g/mol. The number of hydrogen-bond acceptors (Lipinski definition) is 3. The van der Waals surface area contributed by atoms with Crippen LogP contribution in [0.1, 0.15) is 28.7 Å². The number of ether oxygens (including phenoxy) is 1. The number of benzene rings is 3. The van der Waals surface area contributed by atoms with Gasteiger partial charge in [0, 0.05) is 6.54 Å². The molecule has 0 bridgehead atoms. The summed E-state index contributed by atoms with van der Waals surface area (Å²) in [6.45, 7) is 1.80. The topological polar surface area (TPSA) is 32.7 Å². The fourth-order valence-corrected chi connectivity index (χ4v) is 4.38. The minimum absolute atomic E-state index is 0.0663. The number of aryl methyl sites for hydroxylation is 1. The minimum Gasteiger partial charge on any atom is -0.489 e. The molecule has 1 aliphatic rings. The van der Waals surface area contributed by atoms with Crippen LogP contribution in [0.2, 0.25) is 0 Å². The molecule has 0 heterocycles. The first-order valence-electron chi connectivity index (χ1n) is 10.8. The van der Waals surface area contributed by atoms with Gasteiger partial charge in [0.15, 0.2) is 0 Å². The number of rotatable bonds is 7. The summed E-state index contributed by atoms with van der Waals surface area (Å²) in [5.74, 6) is 1.72. The Labute approximate surface area is 179 Å². The van der Waals surface area contributed by atoms with Crippen LogP contribution in [-0.2, 0) is 26.1 Å². The van der Waals surface area contributed by atoms with E-state index in [1.54, 1.807) is 0 Å². The molecular formula is C27H31NO2. The molecule has 0 fully saturated rings. The van der Waals surface area contributed by atoms with Crippen LogP contribution in [0.4, 0.5) is 0 Å². The van der Waals surface area contributed by atoms with Gasteiger partial charge in [-0.3, -0.25) is 0 Å². The smallest absolute Gasteiger partial charge is 0.120 e. The van der Waals surface area contributed by atoms with Crippen LogP contribution in [0.15, 0.2) is 66.7 Å².